The Kier molecular flexibility index (Phi) is 6.62. The van der Waals surface area contributed by atoms with Crippen LogP contribution in [0.3, 0.4) is 0 Å². The topological polar surface area (TPSA) is 77.7 Å². The molecule has 2 heterocycles. The summed E-state index contributed by atoms with van der Waals surface area (Å²) in [6.07, 6.45) is 7.29. The average Bonchev–Trinajstić information content (AvgIpc) is 3.52. The Labute approximate surface area is 175 Å². The molecule has 2 aromatic rings. The standard InChI is InChI=1S/C22H28FN3O4/c1-28-19-9-8-16(13-17(19)23)22(27)26-11-4-7-18(26)21-24-20(25-30-21)10-12-29-14-15-5-2-3-6-15/h8-9,13,15,18H,2-7,10-12,14H2,1H3. The summed E-state index contributed by atoms with van der Waals surface area (Å²) in [4.78, 5) is 19.1. The van der Waals surface area contributed by atoms with Crippen molar-refractivity contribution in [2.75, 3.05) is 26.9 Å². The minimum absolute atomic E-state index is 0.112. The Hall–Kier alpha value is -2.48. The van der Waals surface area contributed by atoms with Gasteiger partial charge < -0.3 is 18.9 Å². The molecule has 0 N–H and O–H groups in total. The van der Waals surface area contributed by atoms with Gasteiger partial charge in [-0.25, -0.2) is 4.39 Å². The number of aromatic nitrogens is 2. The van der Waals surface area contributed by atoms with E-state index < -0.39 is 5.82 Å². The van der Waals surface area contributed by atoms with E-state index in [1.807, 2.05) is 0 Å². The molecule has 1 aliphatic heterocycles. The summed E-state index contributed by atoms with van der Waals surface area (Å²) in [6.45, 7) is 1.93. The molecule has 0 radical (unpaired) electrons. The number of benzene rings is 1. The van der Waals surface area contributed by atoms with Crippen LogP contribution < -0.4 is 4.74 Å². The number of amides is 1. The van der Waals surface area contributed by atoms with E-state index >= 15 is 0 Å². The zero-order valence-corrected chi connectivity index (χ0v) is 17.3. The molecule has 1 saturated carbocycles. The van der Waals surface area contributed by atoms with Crippen molar-refractivity contribution in [1.82, 2.24) is 15.0 Å². The highest BCUT2D eigenvalue weighted by atomic mass is 19.1. The van der Waals surface area contributed by atoms with E-state index in [0.29, 0.717) is 37.2 Å². The molecular formula is C22H28FN3O4. The zero-order valence-electron chi connectivity index (χ0n) is 17.3. The monoisotopic (exact) mass is 417 g/mol. The summed E-state index contributed by atoms with van der Waals surface area (Å²) in [5.41, 5.74) is 0.278. The number of ether oxygens (including phenoxy) is 2. The maximum atomic E-state index is 14.0. The molecule has 1 aromatic heterocycles. The second kappa shape index (κ2) is 9.55. The summed E-state index contributed by atoms with van der Waals surface area (Å²) in [7, 11) is 1.39. The van der Waals surface area contributed by atoms with Crippen LogP contribution in [-0.4, -0.2) is 47.8 Å². The van der Waals surface area contributed by atoms with E-state index in [1.165, 1.54) is 44.9 Å². The van der Waals surface area contributed by atoms with Crippen molar-refractivity contribution in [3.8, 4) is 5.75 Å². The van der Waals surface area contributed by atoms with Gasteiger partial charge in [-0.3, -0.25) is 4.79 Å². The first-order chi connectivity index (χ1) is 14.7. The van der Waals surface area contributed by atoms with Crippen molar-refractivity contribution in [1.29, 1.82) is 0 Å². The van der Waals surface area contributed by atoms with Crippen LogP contribution in [0.1, 0.15) is 66.6 Å². The minimum atomic E-state index is -0.559. The van der Waals surface area contributed by atoms with Crippen LogP contribution in [0.5, 0.6) is 5.75 Å². The first-order valence-electron chi connectivity index (χ1n) is 10.7. The quantitative estimate of drug-likeness (QED) is 0.606. The highest BCUT2D eigenvalue weighted by Gasteiger charge is 2.34. The molecule has 4 rings (SSSR count). The van der Waals surface area contributed by atoms with Crippen LogP contribution in [0.4, 0.5) is 4.39 Å². The summed E-state index contributed by atoms with van der Waals surface area (Å²) in [5, 5.41) is 4.05. The highest BCUT2D eigenvalue weighted by Crippen LogP contribution is 2.33. The first-order valence-corrected chi connectivity index (χ1v) is 10.7. The fourth-order valence-electron chi connectivity index (χ4n) is 4.33. The van der Waals surface area contributed by atoms with Gasteiger partial charge in [0.1, 0.15) is 6.04 Å². The van der Waals surface area contributed by atoms with Crippen molar-refractivity contribution in [2.24, 2.45) is 5.92 Å². The molecule has 1 amide bonds. The lowest BCUT2D eigenvalue weighted by atomic mass is 10.1. The normalized spacial score (nSPS) is 19.5. The molecule has 7 nitrogen and oxygen atoms in total. The van der Waals surface area contributed by atoms with Gasteiger partial charge >= 0.3 is 0 Å². The van der Waals surface area contributed by atoms with Crippen molar-refractivity contribution in [2.45, 2.75) is 51.0 Å². The Bertz CT molecular complexity index is 866. The van der Waals surface area contributed by atoms with Gasteiger partial charge in [0, 0.05) is 25.1 Å². The fourth-order valence-corrected chi connectivity index (χ4v) is 4.33. The molecule has 1 atom stereocenters. The Balaban J connectivity index is 1.35. The van der Waals surface area contributed by atoms with E-state index in [0.717, 1.165) is 19.4 Å². The van der Waals surface area contributed by atoms with Gasteiger partial charge in [0.25, 0.3) is 5.91 Å². The number of hydrogen-bond donors (Lipinski definition) is 0. The third-order valence-corrected chi connectivity index (χ3v) is 5.98. The molecule has 1 aliphatic carbocycles. The predicted molar refractivity (Wildman–Crippen MR) is 107 cm³/mol. The summed E-state index contributed by atoms with van der Waals surface area (Å²) in [5.74, 6) is 1.01. The Morgan fingerprint density at radius 1 is 1.27 bits per heavy atom. The number of rotatable bonds is 8. The van der Waals surface area contributed by atoms with E-state index in [4.69, 9.17) is 14.0 Å². The van der Waals surface area contributed by atoms with Gasteiger partial charge in [0.15, 0.2) is 17.4 Å². The second-order valence-electron chi connectivity index (χ2n) is 8.03. The molecule has 0 spiro atoms. The molecule has 30 heavy (non-hydrogen) atoms. The van der Waals surface area contributed by atoms with Crippen molar-refractivity contribution in [3.63, 3.8) is 0 Å². The number of hydrogen-bond acceptors (Lipinski definition) is 6. The highest BCUT2D eigenvalue weighted by molar-refractivity contribution is 5.94. The van der Waals surface area contributed by atoms with Crippen LogP contribution in [0, 0.1) is 11.7 Å². The third-order valence-electron chi connectivity index (χ3n) is 5.98. The van der Waals surface area contributed by atoms with Gasteiger partial charge in [-0.15, -0.1) is 0 Å². The van der Waals surface area contributed by atoms with E-state index in [-0.39, 0.29) is 23.3 Å². The number of carbonyl (C=O) groups is 1. The number of carbonyl (C=O) groups excluding carboxylic acids is 1. The number of likely N-dealkylation sites (tertiary alicyclic amines) is 1. The number of halogens is 1. The Morgan fingerprint density at radius 3 is 2.87 bits per heavy atom. The average molecular weight is 417 g/mol. The molecule has 2 aliphatic rings. The van der Waals surface area contributed by atoms with Crippen molar-refractivity contribution >= 4 is 5.91 Å². The molecule has 1 aromatic carbocycles. The van der Waals surface area contributed by atoms with E-state index in [1.54, 1.807) is 11.0 Å². The predicted octanol–water partition coefficient (Wildman–Crippen LogP) is 3.94. The van der Waals surface area contributed by atoms with Crippen LogP contribution >= 0.6 is 0 Å². The van der Waals surface area contributed by atoms with Gasteiger partial charge in [-0.05, 0) is 49.8 Å². The first kappa shape index (κ1) is 20.8. The van der Waals surface area contributed by atoms with Crippen LogP contribution in [0.25, 0.3) is 0 Å². The van der Waals surface area contributed by atoms with Crippen molar-refractivity contribution < 1.29 is 23.2 Å². The Morgan fingerprint density at radius 2 is 2.10 bits per heavy atom. The SMILES string of the molecule is COc1ccc(C(=O)N2CCCC2c2nc(CCOCC3CCCC3)no2)cc1F. The number of methoxy groups -OCH3 is 1. The summed E-state index contributed by atoms with van der Waals surface area (Å²) in [6, 6.07) is 3.95. The lowest BCUT2D eigenvalue weighted by Gasteiger charge is -2.22. The number of nitrogens with zero attached hydrogens (tertiary/aromatic N) is 3. The molecule has 0 bridgehead atoms. The smallest absolute Gasteiger partial charge is 0.254 e. The van der Waals surface area contributed by atoms with Gasteiger partial charge in [-0.2, -0.15) is 4.98 Å². The van der Waals surface area contributed by atoms with Crippen LogP contribution in [0.2, 0.25) is 0 Å². The zero-order chi connectivity index (χ0) is 20.9. The van der Waals surface area contributed by atoms with E-state index in [9.17, 15) is 9.18 Å². The summed E-state index contributed by atoms with van der Waals surface area (Å²) >= 11 is 0. The maximum Gasteiger partial charge on any atom is 0.254 e. The van der Waals surface area contributed by atoms with Gasteiger partial charge in [-0.1, -0.05) is 18.0 Å². The van der Waals surface area contributed by atoms with Crippen LogP contribution in [-0.2, 0) is 11.2 Å². The largest absolute Gasteiger partial charge is 0.494 e. The van der Waals surface area contributed by atoms with E-state index in [2.05, 4.69) is 10.1 Å². The fraction of sp³-hybridized carbons (Fsp3) is 0.591. The third kappa shape index (κ3) is 4.64. The lowest BCUT2D eigenvalue weighted by molar-refractivity contribution is 0.0709. The maximum absolute atomic E-state index is 14.0. The van der Waals surface area contributed by atoms with Gasteiger partial charge in [0.2, 0.25) is 5.89 Å². The molecular weight excluding hydrogens is 389 g/mol. The van der Waals surface area contributed by atoms with Gasteiger partial charge in [0.05, 0.1) is 13.7 Å². The molecule has 1 saturated heterocycles. The molecule has 162 valence electrons. The minimum Gasteiger partial charge on any atom is -0.494 e. The van der Waals surface area contributed by atoms with Crippen LogP contribution in [0.15, 0.2) is 22.7 Å². The molecule has 8 heteroatoms. The van der Waals surface area contributed by atoms with Crippen molar-refractivity contribution in [3.05, 3.63) is 41.3 Å². The molecule has 2 fully saturated rings. The molecule has 1 unspecified atom stereocenters. The summed E-state index contributed by atoms with van der Waals surface area (Å²) < 4.78 is 30.2. The second-order valence-corrected chi connectivity index (χ2v) is 8.03. The lowest BCUT2D eigenvalue weighted by Crippen LogP contribution is -2.30.